The van der Waals surface area contributed by atoms with Gasteiger partial charge in [0, 0.05) is 5.02 Å². The van der Waals surface area contributed by atoms with Crippen LogP contribution in [0.5, 0.6) is 5.75 Å². The molecular weight excluding hydrogens is 221 g/mol. The Morgan fingerprint density at radius 3 is 2.54 bits per heavy atom. The van der Waals surface area contributed by atoms with E-state index in [1.807, 2.05) is 0 Å². The van der Waals surface area contributed by atoms with Crippen molar-refractivity contribution in [2.75, 3.05) is 6.61 Å². The summed E-state index contributed by atoms with van der Waals surface area (Å²) in [6.07, 6.45) is -2.51. The SMILES string of the molecule is FC(F)COc1ccc(Cl)cc1Cl. The molecule has 0 radical (unpaired) electrons. The third kappa shape index (κ3) is 3.36. The molecule has 0 heterocycles. The number of benzene rings is 1. The van der Waals surface area contributed by atoms with Gasteiger partial charge in [-0.1, -0.05) is 23.2 Å². The highest BCUT2D eigenvalue weighted by Gasteiger charge is 2.06. The second-order valence-corrected chi connectivity index (χ2v) is 3.12. The normalized spacial score (nSPS) is 10.5. The van der Waals surface area contributed by atoms with Gasteiger partial charge in [0.05, 0.1) is 5.02 Å². The quantitative estimate of drug-likeness (QED) is 0.765. The summed E-state index contributed by atoms with van der Waals surface area (Å²) in [6, 6.07) is 4.41. The Bertz CT molecular complexity index is 291. The van der Waals surface area contributed by atoms with Gasteiger partial charge in [-0.3, -0.25) is 0 Å². The van der Waals surface area contributed by atoms with Crippen LogP contribution in [0.2, 0.25) is 10.0 Å². The molecule has 0 amide bonds. The van der Waals surface area contributed by atoms with Crippen molar-refractivity contribution in [1.29, 1.82) is 0 Å². The van der Waals surface area contributed by atoms with Gasteiger partial charge in [-0.15, -0.1) is 0 Å². The molecule has 0 fully saturated rings. The van der Waals surface area contributed by atoms with Gasteiger partial charge in [-0.05, 0) is 18.2 Å². The van der Waals surface area contributed by atoms with Crippen LogP contribution in [0.15, 0.2) is 18.2 Å². The molecule has 0 atom stereocenters. The minimum absolute atomic E-state index is 0.214. The molecule has 0 saturated carbocycles. The first-order valence-corrected chi connectivity index (χ1v) is 4.21. The highest BCUT2D eigenvalue weighted by atomic mass is 35.5. The molecule has 0 aromatic heterocycles. The predicted octanol–water partition coefficient (Wildman–Crippen LogP) is 3.64. The minimum Gasteiger partial charge on any atom is -0.486 e. The van der Waals surface area contributed by atoms with Gasteiger partial charge in [0.25, 0.3) is 6.43 Å². The van der Waals surface area contributed by atoms with Gasteiger partial charge in [0.2, 0.25) is 0 Å². The second kappa shape index (κ2) is 4.63. The summed E-state index contributed by atoms with van der Waals surface area (Å²) in [6.45, 7) is -0.665. The molecule has 1 aromatic rings. The molecule has 0 spiro atoms. The molecule has 0 aliphatic heterocycles. The van der Waals surface area contributed by atoms with Crippen molar-refractivity contribution in [2.45, 2.75) is 6.43 Å². The number of ether oxygens (including phenoxy) is 1. The van der Waals surface area contributed by atoms with Crippen LogP contribution in [0.1, 0.15) is 0 Å². The zero-order valence-corrected chi connectivity index (χ0v) is 7.95. The first-order chi connectivity index (χ1) is 6.09. The summed E-state index contributed by atoms with van der Waals surface area (Å²) < 4.78 is 28.2. The molecule has 0 saturated heterocycles. The third-order valence-corrected chi connectivity index (χ3v) is 1.79. The first-order valence-electron chi connectivity index (χ1n) is 3.45. The van der Waals surface area contributed by atoms with Crippen molar-refractivity contribution in [2.24, 2.45) is 0 Å². The van der Waals surface area contributed by atoms with E-state index in [2.05, 4.69) is 0 Å². The topological polar surface area (TPSA) is 9.23 Å². The summed E-state index contributed by atoms with van der Waals surface area (Å²) in [4.78, 5) is 0. The maximum Gasteiger partial charge on any atom is 0.272 e. The molecule has 1 aromatic carbocycles. The highest BCUT2D eigenvalue weighted by Crippen LogP contribution is 2.27. The van der Waals surface area contributed by atoms with Crippen molar-refractivity contribution in [1.82, 2.24) is 0 Å². The van der Waals surface area contributed by atoms with Crippen LogP contribution in [-0.4, -0.2) is 13.0 Å². The lowest BCUT2D eigenvalue weighted by molar-refractivity contribution is 0.0819. The fourth-order valence-electron chi connectivity index (χ4n) is 0.745. The lowest BCUT2D eigenvalue weighted by Gasteiger charge is -2.06. The van der Waals surface area contributed by atoms with E-state index in [-0.39, 0.29) is 10.8 Å². The van der Waals surface area contributed by atoms with Crippen LogP contribution in [0.3, 0.4) is 0 Å². The standard InChI is InChI=1S/C8H6Cl2F2O/c9-5-1-2-7(6(10)3-5)13-4-8(11)12/h1-3,8H,4H2. The summed E-state index contributed by atoms with van der Waals surface area (Å²) in [5.41, 5.74) is 0. The number of hydrogen-bond donors (Lipinski definition) is 0. The molecule has 5 heteroatoms. The van der Waals surface area contributed by atoms with Crippen LogP contribution < -0.4 is 4.74 Å². The second-order valence-electron chi connectivity index (χ2n) is 2.28. The molecule has 1 rings (SSSR count). The van der Waals surface area contributed by atoms with Gasteiger partial charge >= 0.3 is 0 Å². The Kier molecular flexibility index (Phi) is 3.75. The van der Waals surface area contributed by atoms with Crippen LogP contribution in [0.4, 0.5) is 8.78 Å². The van der Waals surface area contributed by atoms with Crippen LogP contribution >= 0.6 is 23.2 Å². The fraction of sp³-hybridized carbons (Fsp3) is 0.250. The molecule has 0 aliphatic rings. The maximum atomic E-state index is 11.7. The van der Waals surface area contributed by atoms with Crippen molar-refractivity contribution in [3.8, 4) is 5.75 Å². The maximum absolute atomic E-state index is 11.7. The fourth-order valence-corrected chi connectivity index (χ4v) is 1.21. The Balaban J connectivity index is 2.67. The van der Waals surface area contributed by atoms with Gasteiger partial charge in [-0.25, -0.2) is 8.78 Å². The number of rotatable bonds is 3. The molecular formula is C8H6Cl2F2O. The molecule has 1 nitrogen and oxygen atoms in total. The zero-order valence-electron chi connectivity index (χ0n) is 6.44. The third-order valence-electron chi connectivity index (χ3n) is 1.26. The van der Waals surface area contributed by atoms with Crippen LogP contribution in [0, 0.1) is 0 Å². The van der Waals surface area contributed by atoms with E-state index in [1.54, 1.807) is 0 Å². The number of hydrogen-bond acceptors (Lipinski definition) is 1. The summed E-state index contributed by atoms with van der Waals surface area (Å²) >= 11 is 11.3. The van der Waals surface area contributed by atoms with Gasteiger partial charge in [0.1, 0.15) is 12.4 Å². The largest absolute Gasteiger partial charge is 0.486 e. The minimum atomic E-state index is -2.51. The van der Waals surface area contributed by atoms with E-state index in [9.17, 15) is 8.78 Å². The molecule has 0 bridgehead atoms. The zero-order chi connectivity index (χ0) is 9.84. The Hall–Kier alpha value is -0.540. The number of alkyl halides is 2. The lowest BCUT2D eigenvalue weighted by Crippen LogP contribution is -2.07. The Morgan fingerprint density at radius 1 is 1.31 bits per heavy atom. The van der Waals surface area contributed by atoms with Crippen LogP contribution in [-0.2, 0) is 0 Å². The molecule has 0 aliphatic carbocycles. The van der Waals surface area contributed by atoms with Crippen molar-refractivity contribution >= 4 is 23.2 Å². The smallest absolute Gasteiger partial charge is 0.272 e. The first kappa shape index (κ1) is 10.5. The lowest BCUT2D eigenvalue weighted by atomic mass is 10.3. The van der Waals surface area contributed by atoms with E-state index in [4.69, 9.17) is 27.9 Å². The summed E-state index contributed by atoms with van der Waals surface area (Å²) in [5.74, 6) is 0.214. The average Bonchev–Trinajstić information content (AvgIpc) is 2.02. The Labute approximate surface area is 84.2 Å². The number of halogens is 4. The molecule has 72 valence electrons. The van der Waals surface area contributed by atoms with E-state index in [0.717, 1.165) is 0 Å². The van der Waals surface area contributed by atoms with Crippen molar-refractivity contribution in [3.63, 3.8) is 0 Å². The van der Waals surface area contributed by atoms with Gasteiger partial charge < -0.3 is 4.74 Å². The van der Waals surface area contributed by atoms with E-state index >= 15 is 0 Å². The summed E-state index contributed by atoms with van der Waals surface area (Å²) in [7, 11) is 0. The Morgan fingerprint density at radius 2 is 2.00 bits per heavy atom. The predicted molar refractivity (Wildman–Crippen MR) is 48.0 cm³/mol. The monoisotopic (exact) mass is 226 g/mol. The highest BCUT2D eigenvalue weighted by molar-refractivity contribution is 6.35. The molecule has 0 N–H and O–H groups in total. The molecule has 13 heavy (non-hydrogen) atoms. The van der Waals surface area contributed by atoms with E-state index in [1.165, 1.54) is 18.2 Å². The van der Waals surface area contributed by atoms with Crippen molar-refractivity contribution in [3.05, 3.63) is 28.2 Å². The van der Waals surface area contributed by atoms with E-state index in [0.29, 0.717) is 5.02 Å². The van der Waals surface area contributed by atoms with E-state index < -0.39 is 13.0 Å². The van der Waals surface area contributed by atoms with Gasteiger partial charge in [0.15, 0.2) is 0 Å². The van der Waals surface area contributed by atoms with Gasteiger partial charge in [-0.2, -0.15) is 0 Å². The van der Waals surface area contributed by atoms with Crippen LogP contribution in [0.25, 0.3) is 0 Å². The molecule has 0 unspecified atom stereocenters. The summed E-state index contributed by atoms with van der Waals surface area (Å²) in [5, 5.41) is 0.669. The average molecular weight is 227 g/mol. The van der Waals surface area contributed by atoms with Crippen molar-refractivity contribution < 1.29 is 13.5 Å².